The summed E-state index contributed by atoms with van der Waals surface area (Å²) in [6.07, 6.45) is 0. The maximum absolute atomic E-state index is 5.09. The summed E-state index contributed by atoms with van der Waals surface area (Å²) in [5.74, 6) is 0.960. The molecule has 4 aromatic rings. The Kier molecular flexibility index (Phi) is 5.47. The van der Waals surface area contributed by atoms with Crippen molar-refractivity contribution in [1.82, 2.24) is 0 Å². The van der Waals surface area contributed by atoms with Gasteiger partial charge in [-0.1, -0.05) is 106 Å². The highest BCUT2D eigenvalue weighted by Crippen LogP contribution is 2.31. The summed E-state index contributed by atoms with van der Waals surface area (Å²) in [6, 6.07) is 38.4. The highest BCUT2D eigenvalue weighted by atomic mass is 15.6. The Bertz CT molecular complexity index is 1250. The number of benzene rings is 4. The van der Waals surface area contributed by atoms with Gasteiger partial charge in [-0.05, 0) is 46.4 Å². The summed E-state index contributed by atoms with van der Waals surface area (Å²) >= 11 is 0. The van der Waals surface area contributed by atoms with Gasteiger partial charge in [0.15, 0.2) is 5.84 Å². The van der Waals surface area contributed by atoms with Crippen molar-refractivity contribution in [3.63, 3.8) is 0 Å². The van der Waals surface area contributed by atoms with Gasteiger partial charge in [0.1, 0.15) is 6.67 Å². The topological polar surface area (TPSA) is 18.8 Å². The van der Waals surface area contributed by atoms with Crippen LogP contribution in [-0.2, 0) is 5.41 Å². The molecular formula is C30H29N3. The second-order valence-corrected chi connectivity index (χ2v) is 9.47. The lowest BCUT2D eigenvalue weighted by atomic mass is 9.87. The van der Waals surface area contributed by atoms with Gasteiger partial charge in [0.25, 0.3) is 0 Å². The normalized spacial score (nSPS) is 13.8. The molecule has 3 heteroatoms. The second-order valence-electron chi connectivity index (χ2n) is 9.47. The van der Waals surface area contributed by atoms with Crippen LogP contribution >= 0.6 is 0 Å². The van der Waals surface area contributed by atoms with Crippen molar-refractivity contribution in [3.05, 3.63) is 120 Å². The summed E-state index contributed by atoms with van der Waals surface area (Å²) in [4.78, 5) is 2.28. The van der Waals surface area contributed by atoms with Crippen molar-refractivity contribution < 1.29 is 0 Å². The summed E-state index contributed by atoms with van der Waals surface area (Å²) < 4.78 is 0. The van der Waals surface area contributed by atoms with Crippen LogP contribution in [0.25, 0.3) is 11.1 Å². The van der Waals surface area contributed by atoms with Gasteiger partial charge in [-0.15, -0.1) is 0 Å². The summed E-state index contributed by atoms with van der Waals surface area (Å²) in [5.41, 5.74) is 7.18. The number of hydrogen-bond acceptors (Lipinski definition) is 3. The zero-order valence-corrected chi connectivity index (χ0v) is 19.4. The quantitative estimate of drug-likeness (QED) is 0.338. The van der Waals surface area contributed by atoms with Crippen molar-refractivity contribution in [2.75, 3.05) is 16.6 Å². The van der Waals surface area contributed by atoms with Crippen molar-refractivity contribution in [1.29, 1.82) is 0 Å². The number of para-hydroxylation sites is 1. The fourth-order valence-electron chi connectivity index (χ4n) is 4.14. The summed E-state index contributed by atoms with van der Waals surface area (Å²) in [6.45, 7) is 7.41. The molecule has 0 amide bonds. The summed E-state index contributed by atoms with van der Waals surface area (Å²) in [7, 11) is 0. The van der Waals surface area contributed by atoms with Gasteiger partial charge in [-0.3, -0.25) is 0 Å². The molecule has 0 aromatic heterocycles. The first-order valence-corrected chi connectivity index (χ1v) is 11.4. The second kappa shape index (κ2) is 8.59. The van der Waals surface area contributed by atoms with E-state index in [1.807, 2.05) is 6.07 Å². The fourth-order valence-corrected chi connectivity index (χ4v) is 4.14. The van der Waals surface area contributed by atoms with E-state index in [2.05, 4.69) is 134 Å². The smallest absolute Gasteiger partial charge is 0.162 e. The molecule has 1 aliphatic heterocycles. The van der Waals surface area contributed by atoms with Crippen molar-refractivity contribution >= 4 is 17.2 Å². The molecule has 164 valence electrons. The first-order chi connectivity index (χ1) is 16.0. The zero-order valence-electron chi connectivity index (χ0n) is 19.4. The largest absolute Gasteiger partial charge is 0.304 e. The predicted octanol–water partition coefficient (Wildman–Crippen LogP) is 7.30. The van der Waals surface area contributed by atoms with Crippen molar-refractivity contribution in [2.45, 2.75) is 26.2 Å². The van der Waals surface area contributed by atoms with Crippen molar-refractivity contribution in [2.24, 2.45) is 5.10 Å². The third kappa shape index (κ3) is 4.40. The number of nitrogens with zero attached hydrogens (tertiary/aromatic N) is 3. The molecule has 0 aliphatic carbocycles. The lowest BCUT2D eigenvalue weighted by Gasteiger charge is -2.24. The Morgan fingerprint density at radius 3 is 1.85 bits per heavy atom. The van der Waals surface area contributed by atoms with E-state index >= 15 is 0 Å². The van der Waals surface area contributed by atoms with Gasteiger partial charge >= 0.3 is 0 Å². The number of rotatable bonds is 4. The van der Waals surface area contributed by atoms with Crippen LogP contribution in [0, 0.1) is 0 Å². The van der Waals surface area contributed by atoms with E-state index < -0.39 is 0 Å². The maximum Gasteiger partial charge on any atom is 0.162 e. The third-order valence-corrected chi connectivity index (χ3v) is 6.07. The molecule has 3 nitrogen and oxygen atoms in total. The molecule has 4 aromatic carbocycles. The van der Waals surface area contributed by atoms with Gasteiger partial charge in [-0.25, -0.2) is 5.01 Å². The third-order valence-electron chi connectivity index (χ3n) is 6.07. The minimum atomic E-state index is 0.0919. The molecule has 0 fully saturated rings. The van der Waals surface area contributed by atoms with Crippen LogP contribution in [0.1, 0.15) is 31.9 Å². The number of anilines is 2. The van der Waals surface area contributed by atoms with Crippen LogP contribution in [0.5, 0.6) is 0 Å². The number of hydrazone groups is 1. The lowest BCUT2D eigenvalue weighted by molar-refractivity contribution is 0.590. The van der Waals surface area contributed by atoms with E-state index in [0.29, 0.717) is 6.67 Å². The Morgan fingerprint density at radius 2 is 1.18 bits per heavy atom. The molecule has 5 rings (SSSR count). The van der Waals surface area contributed by atoms with E-state index in [1.165, 1.54) is 16.7 Å². The Labute approximate surface area is 196 Å². The Morgan fingerprint density at radius 1 is 0.606 bits per heavy atom. The van der Waals surface area contributed by atoms with Gasteiger partial charge in [0.2, 0.25) is 0 Å². The van der Waals surface area contributed by atoms with Crippen LogP contribution in [0.15, 0.2) is 114 Å². The zero-order chi connectivity index (χ0) is 22.8. The van der Waals surface area contributed by atoms with Crippen LogP contribution in [-0.4, -0.2) is 12.5 Å². The standard InChI is InChI=1S/C30H29N3/c1-30(2,3)26-13-10-16-28(21-26)33-22-32(27-14-8-5-9-15-27)29(31-33)25-19-17-24(18-20-25)23-11-6-4-7-12-23/h4-21H,22H2,1-3H3. The van der Waals surface area contributed by atoms with E-state index in [1.54, 1.807) is 0 Å². The predicted molar refractivity (Wildman–Crippen MR) is 140 cm³/mol. The number of amidine groups is 1. The Balaban J connectivity index is 1.52. The molecule has 33 heavy (non-hydrogen) atoms. The van der Waals surface area contributed by atoms with Crippen LogP contribution < -0.4 is 9.91 Å². The van der Waals surface area contributed by atoms with Crippen molar-refractivity contribution in [3.8, 4) is 11.1 Å². The van der Waals surface area contributed by atoms with E-state index in [-0.39, 0.29) is 5.41 Å². The van der Waals surface area contributed by atoms with Gasteiger partial charge in [0.05, 0.1) is 5.69 Å². The monoisotopic (exact) mass is 431 g/mol. The van der Waals surface area contributed by atoms with Crippen LogP contribution in [0.2, 0.25) is 0 Å². The van der Waals surface area contributed by atoms with Crippen LogP contribution in [0.4, 0.5) is 11.4 Å². The van der Waals surface area contributed by atoms with E-state index in [4.69, 9.17) is 5.10 Å². The average molecular weight is 432 g/mol. The molecule has 1 heterocycles. The molecule has 0 atom stereocenters. The SMILES string of the molecule is CC(C)(C)c1cccc(N2CN(c3ccccc3)C(c3ccc(-c4ccccc4)cc3)=N2)c1. The highest BCUT2D eigenvalue weighted by molar-refractivity contribution is 6.12. The van der Waals surface area contributed by atoms with Gasteiger partial charge < -0.3 is 4.90 Å². The minimum absolute atomic E-state index is 0.0919. The van der Waals surface area contributed by atoms with Crippen LogP contribution in [0.3, 0.4) is 0 Å². The molecule has 0 saturated carbocycles. The fraction of sp³-hybridized carbons (Fsp3) is 0.167. The van der Waals surface area contributed by atoms with Gasteiger partial charge in [0, 0.05) is 11.3 Å². The average Bonchev–Trinajstić information content (AvgIpc) is 3.30. The Hall–Kier alpha value is -3.85. The molecule has 0 N–H and O–H groups in total. The highest BCUT2D eigenvalue weighted by Gasteiger charge is 2.27. The first-order valence-electron chi connectivity index (χ1n) is 11.4. The van der Waals surface area contributed by atoms with E-state index in [9.17, 15) is 0 Å². The maximum atomic E-state index is 5.09. The molecular weight excluding hydrogens is 402 g/mol. The first kappa shape index (κ1) is 21.0. The molecule has 0 spiro atoms. The lowest BCUT2D eigenvalue weighted by Crippen LogP contribution is -2.31. The molecule has 0 saturated heterocycles. The molecule has 0 radical (unpaired) electrons. The number of hydrogen-bond donors (Lipinski definition) is 0. The molecule has 1 aliphatic rings. The van der Waals surface area contributed by atoms with Gasteiger partial charge in [-0.2, -0.15) is 5.10 Å². The minimum Gasteiger partial charge on any atom is -0.304 e. The molecule has 0 bridgehead atoms. The van der Waals surface area contributed by atoms with E-state index in [0.717, 1.165) is 22.8 Å². The molecule has 0 unspecified atom stereocenters. The summed E-state index contributed by atoms with van der Waals surface area (Å²) in [5, 5.41) is 7.19.